The van der Waals surface area contributed by atoms with Crippen molar-refractivity contribution in [2.75, 3.05) is 23.0 Å². The molecule has 0 unspecified atom stereocenters. The summed E-state index contributed by atoms with van der Waals surface area (Å²) in [6.07, 6.45) is 1.46. The van der Waals surface area contributed by atoms with Gasteiger partial charge in [0.15, 0.2) is 11.6 Å². The number of nitrogens with zero attached hydrogens (tertiary/aromatic N) is 2. The third-order valence-corrected chi connectivity index (χ3v) is 4.10. The lowest BCUT2D eigenvalue weighted by atomic mass is 10.2. The van der Waals surface area contributed by atoms with Crippen LogP contribution in [0.15, 0.2) is 54.9 Å². The van der Waals surface area contributed by atoms with Gasteiger partial charge >= 0.3 is 0 Å². The minimum atomic E-state index is 0.422. The van der Waals surface area contributed by atoms with Crippen LogP contribution < -0.4 is 21.1 Å². The molecule has 0 spiro atoms. The lowest BCUT2D eigenvalue weighted by Crippen LogP contribution is -2.08. The van der Waals surface area contributed by atoms with Gasteiger partial charge in [0.05, 0.1) is 12.3 Å². The van der Waals surface area contributed by atoms with E-state index in [1.807, 2.05) is 55.5 Å². The predicted molar refractivity (Wildman–Crippen MR) is 106 cm³/mol. The van der Waals surface area contributed by atoms with Crippen molar-refractivity contribution in [2.45, 2.75) is 13.5 Å². The highest BCUT2D eigenvalue weighted by molar-refractivity contribution is 6.31. The van der Waals surface area contributed by atoms with Crippen LogP contribution in [0.4, 0.5) is 23.0 Å². The minimum absolute atomic E-state index is 0.422. The van der Waals surface area contributed by atoms with Crippen molar-refractivity contribution in [1.82, 2.24) is 9.97 Å². The number of nitrogen functional groups attached to an aromatic ring is 1. The first-order valence-corrected chi connectivity index (χ1v) is 8.63. The highest BCUT2D eigenvalue weighted by atomic mass is 35.5. The first-order valence-electron chi connectivity index (χ1n) is 8.25. The molecular formula is C19H20ClN5O. The molecule has 0 aliphatic carbocycles. The molecule has 0 atom stereocenters. The first-order chi connectivity index (χ1) is 12.7. The number of anilines is 4. The first kappa shape index (κ1) is 17.8. The second-order valence-corrected chi connectivity index (χ2v) is 5.89. The zero-order valence-corrected chi connectivity index (χ0v) is 15.1. The predicted octanol–water partition coefficient (Wildman–Crippen LogP) is 4.47. The van der Waals surface area contributed by atoms with E-state index in [0.717, 1.165) is 17.0 Å². The molecule has 0 bridgehead atoms. The number of halogens is 1. The molecule has 0 amide bonds. The monoisotopic (exact) mass is 369 g/mol. The smallest absolute Gasteiger partial charge is 0.159 e. The molecule has 7 heteroatoms. The van der Waals surface area contributed by atoms with Crippen LogP contribution in [0.5, 0.6) is 5.75 Å². The van der Waals surface area contributed by atoms with Crippen LogP contribution in [0.25, 0.3) is 0 Å². The molecule has 4 N–H and O–H groups in total. The van der Waals surface area contributed by atoms with E-state index in [2.05, 4.69) is 20.6 Å². The molecule has 0 radical (unpaired) electrons. The van der Waals surface area contributed by atoms with Crippen molar-refractivity contribution in [3.63, 3.8) is 0 Å². The Morgan fingerprint density at radius 1 is 1.04 bits per heavy atom. The van der Waals surface area contributed by atoms with Gasteiger partial charge in [0, 0.05) is 11.6 Å². The van der Waals surface area contributed by atoms with E-state index in [0.29, 0.717) is 35.5 Å². The van der Waals surface area contributed by atoms with E-state index in [1.54, 1.807) is 0 Å². The maximum absolute atomic E-state index is 6.23. The van der Waals surface area contributed by atoms with Gasteiger partial charge < -0.3 is 21.1 Å². The van der Waals surface area contributed by atoms with Crippen molar-refractivity contribution in [2.24, 2.45) is 0 Å². The average Bonchev–Trinajstić information content (AvgIpc) is 2.65. The molecule has 1 heterocycles. The molecule has 26 heavy (non-hydrogen) atoms. The number of benzene rings is 2. The number of nitrogens with one attached hydrogen (secondary N) is 2. The summed E-state index contributed by atoms with van der Waals surface area (Å²) in [6, 6.07) is 15.2. The second kappa shape index (κ2) is 8.40. The van der Waals surface area contributed by atoms with Crippen LogP contribution in [0.2, 0.25) is 5.02 Å². The summed E-state index contributed by atoms with van der Waals surface area (Å²) >= 11 is 6.19. The van der Waals surface area contributed by atoms with E-state index in [9.17, 15) is 0 Å². The fourth-order valence-electron chi connectivity index (χ4n) is 2.44. The largest absolute Gasteiger partial charge is 0.492 e. The van der Waals surface area contributed by atoms with Crippen LogP contribution >= 0.6 is 11.6 Å². The Labute approximate surface area is 157 Å². The lowest BCUT2D eigenvalue weighted by molar-refractivity contribution is 0.342. The van der Waals surface area contributed by atoms with Crippen molar-refractivity contribution in [1.29, 1.82) is 0 Å². The Kier molecular flexibility index (Phi) is 5.76. The molecule has 0 aliphatic heterocycles. The summed E-state index contributed by atoms with van der Waals surface area (Å²) in [7, 11) is 0. The lowest BCUT2D eigenvalue weighted by Gasteiger charge is -2.15. The van der Waals surface area contributed by atoms with Gasteiger partial charge in [0.2, 0.25) is 0 Å². The molecule has 0 saturated heterocycles. The number of hydrogen-bond acceptors (Lipinski definition) is 6. The van der Waals surface area contributed by atoms with Crippen LogP contribution in [-0.4, -0.2) is 16.6 Å². The highest BCUT2D eigenvalue weighted by Gasteiger charge is 2.11. The van der Waals surface area contributed by atoms with Gasteiger partial charge in [-0.25, -0.2) is 9.97 Å². The minimum Gasteiger partial charge on any atom is -0.492 e. The van der Waals surface area contributed by atoms with Crippen LogP contribution in [0.1, 0.15) is 12.5 Å². The van der Waals surface area contributed by atoms with Crippen LogP contribution in [0.3, 0.4) is 0 Å². The van der Waals surface area contributed by atoms with E-state index < -0.39 is 0 Å². The summed E-state index contributed by atoms with van der Waals surface area (Å²) in [5, 5.41) is 7.10. The Balaban J connectivity index is 1.78. The Hall–Kier alpha value is -2.99. The van der Waals surface area contributed by atoms with Crippen LogP contribution in [0, 0.1) is 0 Å². The molecular weight excluding hydrogens is 350 g/mol. The number of ether oxygens (including phenoxy) is 1. The maximum Gasteiger partial charge on any atom is 0.159 e. The zero-order valence-electron chi connectivity index (χ0n) is 14.4. The standard InChI is InChI=1S/C19H20ClN5O/c1-2-26-16-10-6-5-9-15(16)25-19-17(21)18(23-12-24-19)22-11-13-7-3-4-8-14(13)20/h3-10,12H,2,11,21H2,1H3,(H2,22,23,24,25). The molecule has 6 nitrogen and oxygen atoms in total. The van der Waals surface area contributed by atoms with E-state index >= 15 is 0 Å². The molecule has 0 aliphatic rings. The topological polar surface area (TPSA) is 85.1 Å². The normalized spacial score (nSPS) is 10.4. The third-order valence-electron chi connectivity index (χ3n) is 3.73. The van der Waals surface area contributed by atoms with Crippen molar-refractivity contribution in [3.8, 4) is 5.75 Å². The van der Waals surface area contributed by atoms with Gasteiger partial charge in [-0.1, -0.05) is 41.9 Å². The third kappa shape index (κ3) is 4.15. The number of para-hydroxylation sites is 2. The molecule has 2 aromatic carbocycles. The van der Waals surface area contributed by atoms with Crippen molar-refractivity contribution in [3.05, 3.63) is 65.4 Å². The van der Waals surface area contributed by atoms with E-state index in [4.69, 9.17) is 22.1 Å². The summed E-state index contributed by atoms with van der Waals surface area (Å²) in [6.45, 7) is 3.02. The molecule has 0 saturated carbocycles. The maximum atomic E-state index is 6.23. The quantitative estimate of drug-likeness (QED) is 0.570. The molecule has 0 fully saturated rings. The molecule has 3 rings (SSSR count). The summed E-state index contributed by atoms with van der Waals surface area (Å²) in [4.78, 5) is 8.46. The second-order valence-electron chi connectivity index (χ2n) is 5.48. The molecule has 1 aromatic heterocycles. The highest BCUT2D eigenvalue weighted by Crippen LogP contribution is 2.31. The van der Waals surface area contributed by atoms with Crippen molar-refractivity contribution >= 4 is 34.6 Å². The number of aromatic nitrogens is 2. The van der Waals surface area contributed by atoms with Gasteiger partial charge in [-0.2, -0.15) is 0 Å². The fourth-order valence-corrected chi connectivity index (χ4v) is 2.64. The Morgan fingerprint density at radius 3 is 2.58 bits per heavy atom. The van der Waals surface area contributed by atoms with Crippen molar-refractivity contribution < 1.29 is 4.74 Å². The van der Waals surface area contributed by atoms with Crippen LogP contribution in [-0.2, 0) is 6.54 Å². The van der Waals surface area contributed by atoms with Gasteiger partial charge in [-0.15, -0.1) is 0 Å². The number of rotatable bonds is 7. The average molecular weight is 370 g/mol. The summed E-state index contributed by atoms with van der Waals surface area (Å²) < 4.78 is 5.62. The molecule has 134 valence electrons. The summed E-state index contributed by atoms with van der Waals surface area (Å²) in [5.74, 6) is 1.78. The van der Waals surface area contributed by atoms with E-state index in [1.165, 1.54) is 6.33 Å². The number of nitrogens with two attached hydrogens (primary N) is 1. The fraction of sp³-hybridized carbons (Fsp3) is 0.158. The van der Waals surface area contributed by atoms with Gasteiger partial charge in [-0.05, 0) is 30.7 Å². The number of hydrogen-bond donors (Lipinski definition) is 3. The Bertz CT molecular complexity index is 887. The Morgan fingerprint density at radius 2 is 1.77 bits per heavy atom. The molecule has 3 aromatic rings. The van der Waals surface area contributed by atoms with Gasteiger partial charge in [0.1, 0.15) is 17.8 Å². The van der Waals surface area contributed by atoms with Gasteiger partial charge in [-0.3, -0.25) is 0 Å². The van der Waals surface area contributed by atoms with E-state index in [-0.39, 0.29) is 0 Å². The zero-order chi connectivity index (χ0) is 18.4. The SMILES string of the molecule is CCOc1ccccc1Nc1ncnc(NCc2ccccc2Cl)c1N. The van der Waals surface area contributed by atoms with Gasteiger partial charge in [0.25, 0.3) is 0 Å². The summed E-state index contributed by atoms with van der Waals surface area (Å²) in [5.41, 5.74) is 8.41.